The van der Waals surface area contributed by atoms with Crippen LogP contribution in [0.15, 0.2) is 36.4 Å². The zero-order valence-corrected chi connectivity index (χ0v) is 12.0. The van der Waals surface area contributed by atoms with E-state index in [2.05, 4.69) is 41.3 Å². The Labute approximate surface area is 120 Å². The summed E-state index contributed by atoms with van der Waals surface area (Å²) in [4.78, 5) is 2.44. The number of ether oxygens (including phenoxy) is 1. The van der Waals surface area contributed by atoms with Gasteiger partial charge in [-0.05, 0) is 36.2 Å². The van der Waals surface area contributed by atoms with E-state index >= 15 is 0 Å². The summed E-state index contributed by atoms with van der Waals surface area (Å²) in [6, 6.07) is 13.0. The van der Waals surface area contributed by atoms with Gasteiger partial charge in [0.2, 0.25) is 0 Å². The van der Waals surface area contributed by atoms with Crippen LogP contribution in [0.4, 0.5) is 0 Å². The number of fused-ring (bicyclic) bond motifs is 1. The number of hydrogen-bond acceptors (Lipinski definition) is 3. The van der Waals surface area contributed by atoms with Crippen molar-refractivity contribution in [2.24, 2.45) is 5.73 Å². The van der Waals surface area contributed by atoms with E-state index in [1.54, 1.807) is 7.11 Å². The number of likely N-dealkylation sites (tertiary alicyclic amines) is 1. The number of hydrogen-bond donors (Lipinski definition) is 1. The average Bonchev–Trinajstić information content (AvgIpc) is 2.48. The zero-order valence-electron chi connectivity index (χ0n) is 12.0. The van der Waals surface area contributed by atoms with Crippen LogP contribution in [0.3, 0.4) is 0 Å². The van der Waals surface area contributed by atoms with Gasteiger partial charge in [0.05, 0.1) is 7.11 Å². The van der Waals surface area contributed by atoms with Crippen molar-refractivity contribution < 1.29 is 4.74 Å². The number of rotatable bonds is 3. The van der Waals surface area contributed by atoms with Crippen LogP contribution >= 0.6 is 0 Å². The van der Waals surface area contributed by atoms with Gasteiger partial charge in [-0.1, -0.05) is 30.3 Å². The largest absolute Gasteiger partial charge is 0.496 e. The minimum absolute atomic E-state index is 0.310. The van der Waals surface area contributed by atoms with Crippen molar-refractivity contribution in [3.8, 4) is 5.75 Å². The fourth-order valence-electron chi connectivity index (χ4n) is 3.13. The summed E-state index contributed by atoms with van der Waals surface area (Å²) in [7, 11) is 1.75. The van der Waals surface area contributed by atoms with Gasteiger partial charge in [-0.25, -0.2) is 0 Å². The van der Waals surface area contributed by atoms with Crippen molar-refractivity contribution in [2.75, 3.05) is 20.2 Å². The third-order valence-corrected chi connectivity index (χ3v) is 4.14. The predicted octanol–water partition coefficient (Wildman–Crippen LogP) is 2.77. The molecular formula is C17H22N2O. The molecule has 3 nitrogen and oxygen atoms in total. The van der Waals surface area contributed by atoms with E-state index < -0.39 is 0 Å². The van der Waals surface area contributed by atoms with Gasteiger partial charge in [-0.2, -0.15) is 0 Å². The normalized spacial score (nSPS) is 20.2. The van der Waals surface area contributed by atoms with Crippen molar-refractivity contribution in [1.29, 1.82) is 0 Å². The van der Waals surface area contributed by atoms with Gasteiger partial charge in [0.15, 0.2) is 0 Å². The van der Waals surface area contributed by atoms with Crippen LogP contribution in [-0.4, -0.2) is 31.1 Å². The molecule has 2 N–H and O–H groups in total. The molecule has 3 rings (SSSR count). The average molecular weight is 270 g/mol. The number of methoxy groups -OCH3 is 1. The smallest absolute Gasteiger partial charge is 0.123 e. The first kappa shape index (κ1) is 13.4. The molecule has 1 unspecified atom stereocenters. The molecule has 20 heavy (non-hydrogen) atoms. The van der Waals surface area contributed by atoms with Crippen LogP contribution in [-0.2, 0) is 6.54 Å². The topological polar surface area (TPSA) is 38.5 Å². The van der Waals surface area contributed by atoms with Crippen LogP contribution in [0, 0.1) is 0 Å². The molecule has 1 aliphatic heterocycles. The second-order valence-electron chi connectivity index (χ2n) is 5.60. The lowest BCUT2D eigenvalue weighted by atomic mass is 10.0. The molecule has 1 saturated heterocycles. The Kier molecular flexibility index (Phi) is 3.90. The lowest BCUT2D eigenvalue weighted by Crippen LogP contribution is -2.42. The van der Waals surface area contributed by atoms with Gasteiger partial charge in [0.1, 0.15) is 5.75 Å². The Bertz CT molecular complexity index is 597. The first-order valence-electron chi connectivity index (χ1n) is 7.30. The van der Waals surface area contributed by atoms with Crippen LogP contribution in [0.25, 0.3) is 10.8 Å². The van der Waals surface area contributed by atoms with Gasteiger partial charge < -0.3 is 10.5 Å². The van der Waals surface area contributed by atoms with Crippen molar-refractivity contribution in [3.05, 3.63) is 42.0 Å². The van der Waals surface area contributed by atoms with E-state index in [1.807, 2.05) is 0 Å². The highest BCUT2D eigenvalue weighted by Gasteiger charge is 2.19. The second-order valence-corrected chi connectivity index (χ2v) is 5.60. The maximum absolute atomic E-state index is 6.09. The minimum Gasteiger partial charge on any atom is -0.496 e. The molecule has 1 aliphatic rings. The molecule has 106 valence electrons. The highest BCUT2D eigenvalue weighted by Crippen LogP contribution is 2.29. The second kappa shape index (κ2) is 5.81. The fourth-order valence-corrected chi connectivity index (χ4v) is 3.13. The van der Waals surface area contributed by atoms with Gasteiger partial charge in [0, 0.05) is 24.7 Å². The Hall–Kier alpha value is -1.58. The third kappa shape index (κ3) is 2.65. The highest BCUT2D eigenvalue weighted by molar-refractivity contribution is 5.87. The first-order valence-corrected chi connectivity index (χ1v) is 7.30. The summed E-state index contributed by atoms with van der Waals surface area (Å²) in [6.07, 6.45) is 2.33. The number of nitrogens with zero attached hydrogens (tertiary/aromatic N) is 1. The summed E-state index contributed by atoms with van der Waals surface area (Å²) < 4.78 is 5.56. The summed E-state index contributed by atoms with van der Waals surface area (Å²) >= 11 is 0. The molecular weight excluding hydrogens is 248 g/mol. The molecule has 3 heteroatoms. The van der Waals surface area contributed by atoms with Crippen molar-refractivity contribution in [3.63, 3.8) is 0 Å². The molecule has 2 aromatic carbocycles. The van der Waals surface area contributed by atoms with Crippen LogP contribution in [0.1, 0.15) is 18.4 Å². The SMILES string of the molecule is COc1ccc2ccccc2c1CN1CCCC(N)C1. The van der Waals surface area contributed by atoms with E-state index in [0.29, 0.717) is 6.04 Å². The Morgan fingerprint density at radius 2 is 2.10 bits per heavy atom. The lowest BCUT2D eigenvalue weighted by Gasteiger charge is -2.31. The number of nitrogens with two attached hydrogens (primary N) is 1. The molecule has 0 bridgehead atoms. The molecule has 0 spiro atoms. The maximum Gasteiger partial charge on any atom is 0.123 e. The summed E-state index contributed by atoms with van der Waals surface area (Å²) in [5, 5.41) is 2.55. The number of benzene rings is 2. The van der Waals surface area contributed by atoms with E-state index in [1.165, 1.54) is 22.8 Å². The predicted molar refractivity (Wildman–Crippen MR) is 83.0 cm³/mol. The van der Waals surface area contributed by atoms with Gasteiger partial charge in [-0.3, -0.25) is 4.90 Å². The van der Waals surface area contributed by atoms with Gasteiger partial charge in [0.25, 0.3) is 0 Å². The van der Waals surface area contributed by atoms with Gasteiger partial charge >= 0.3 is 0 Å². The van der Waals surface area contributed by atoms with E-state index in [4.69, 9.17) is 10.5 Å². The van der Waals surface area contributed by atoms with E-state index in [0.717, 1.165) is 31.8 Å². The lowest BCUT2D eigenvalue weighted by molar-refractivity contribution is 0.200. The van der Waals surface area contributed by atoms with Gasteiger partial charge in [-0.15, -0.1) is 0 Å². The van der Waals surface area contributed by atoms with Crippen molar-refractivity contribution in [2.45, 2.75) is 25.4 Å². The summed E-state index contributed by atoms with van der Waals surface area (Å²) in [6.45, 7) is 3.02. The Morgan fingerprint density at radius 3 is 2.90 bits per heavy atom. The molecule has 0 aromatic heterocycles. The highest BCUT2D eigenvalue weighted by atomic mass is 16.5. The molecule has 1 heterocycles. The van der Waals surface area contributed by atoms with Crippen LogP contribution < -0.4 is 10.5 Å². The van der Waals surface area contributed by atoms with Crippen molar-refractivity contribution >= 4 is 10.8 Å². The standard InChI is InChI=1S/C17H22N2O/c1-20-17-9-8-13-5-2-3-7-15(13)16(17)12-19-10-4-6-14(18)11-19/h2-3,5,7-9,14H,4,6,10-12,18H2,1H3. The summed E-state index contributed by atoms with van der Waals surface area (Å²) in [5.41, 5.74) is 7.37. The Balaban J connectivity index is 1.96. The molecule has 0 aliphatic carbocycles. The maximum atomic E-state index is 6.09. The third-order valence-electron chi connectivity index (χ3n) is 4.14. The number of piperidine rings is 1. The molecule has 1 atom stereocenters. The van der Waals surface area contributed by atoms with Crippen molar-refractivity contribution in [1.82, 2.24) is 4.90 Å². The van der Waals surface area contributed by atoms with E-state index in [-0.39, 0.29) is 0 Å². The molecule has 0 amide bonds. The van der Waals surface area contributed by atoms with Crippen LogP contribution in [0.5, 0.6) is 5.75 Å². The quantitative estimate of drug-likeness (QED) is 0.932. The monoisotopic (exact) mass is 270 g/mol. The Morgan fingerprint density at radius 1 is 1.25 bits per heavy atom. The molecule has 0 radical (unpaired) electrons. The summed E-state index contributed by atoms with van der Waals surface area (Å²) in [5.74, 6) is 0.975. The minimum atomic E-state index is 0.310. The van der Waals surface area contributed by atoms with Crippen LogP contribution in [0.2, 0.25) is 0 Å². The molecule has 2 aromatic rings. The molecule has 1 fully saturated rings. The molecule has 0 saturated carbocycles. The zero-order chi connectivity index (χ0) is 13.9. The van der Waals surface area contributed by atoms with E-state index in [9.17, 15) is 0 Å². The fraction of sp³-hybridized carbons (Fsp3) is 0.412. The first-order chi connectivity index (χ1) is 9.78.